The van der Waals surface area contributed by atoms with E-state index in [4.69, 9.17) is 9.84 Å². The highest BCUT2D eigenvalue weighted by molar-refractivity contribution is 5.86. The fourth-order valence-electron chi connectivity index (χ4n) is 1.41. The maximum absolute atomic E-state index is 11.4. The molecule has 2 N–H and O–H groups in total. The number of carboxylic acid groups (broad SMARTS) is 1. The number of ether oxygens (including phenoxy) is 1. The summed E-state index contributed by atoms with van der Waals surface area (Å²) in [4.78, 5) is 32.7. The number of unbranched alkanes of at least 4 members (excludes halogenated alkanes) is 2. The van der Waals surface area contributed by atoms with E-state index >= 15 is 0 Å². The Morgan fingerprint density at radius 2 is 1.75 bits per heavy atom. The molecule has 6 nitrogen and oxygen atoms in total. The Balaban J connectivity index is 3.39. The first-order valence-electron chi connectivity index (χ1n) is 6.74. The molecular formula is C14H23NO5. The Morgan fingerprint density at radius 3 is 2.35 bits per heavy atom. The zero-order valence-corrected chi connectivity index (χ0v) is 11.9. The summed E-state index contributed by atoms with van der Waals surface area (Å²) in [5.74, 6) is -1.29. The number of nitrogens with one attached hydrogen (secondary N) is 1. The maximum atomic E-state index is 11.4. The largest absolute Gasteiger partial charge is 0.481 e. The fraction of sp³-hybridized carbons (Fsp3) is 0.643. The highest BCUT2D eigenvalue weighted by Gasteiger charge is 2.04. The van der Waals surface area contributed by atoms with Crippen molar-refractivity contribution in [2.45, 2.75) is 45.4 Å². The molecule has 0 aromatic rings. The second kappa shape index (κ2) is 11.0. The Morgan fingerprint density at radius 1 is 1.10 bits per heavy atom. The van der Waals surface area contributed by atoms with Crippen LogP contribution >= 0.6 is 0 Å². The number of esters is 1. The summed E-state index contributed by atoms with van der Waals surface area (Å²) in [5, 5.41) is 11.2. The van der Waals surface area contributed by atoms with Gasteiger partial charge in [-0.3, -0.25) is 9.59 Å². The molecule has 114 valence electrons. The number of hydrogen-bond acceptors (Lipinski definition) is 4. The van der Waals surface area contributed by atoms with Crippen LogP contribution in [0.5, 0.6) is 0 Å². The molecule has 0 heterocycles. The zero-order chi connectivity index (χ0) is 15.4. The molecule has 1 amide bonds. The molecule has 0 rings (SSSR count). The molecule has 0 saturated carbocycles. The minimum atomic E-state index is -0.807. The van der Waals surface area contributed by atoms with Crippen LogP contribution in [0.2, 0.25) is 0 Å². The van der Waals surface area contributed by atoms with Crippen molar-refractivity contribution in [2.24, 2.45) is 0 Å². The molecule has 0 bridgehead atoms. The molecule has 0 aliphatic carbocycles. The molecule has 0 spiro atoms. The first kappa shape index (κ1) is 18.1. The molecule has 0 radical (unpaired) electrons. The Labute approximate surface area is 119 Å². The number of amides is 1. The van der Waals surface area contributed by atoms with Gasteiger partial charge >= 0.3 is 11.9 Å². The van der Waals surface area contributed by atoms with Crippen LogP contribution in [-0.2, 0) is 19.1 Å². The number of aliphatic carboxylic acids is 1. The van der Waals surface area contributed by atoms with Gasteiger partial charge in [-0.2, -0.15) is 0 Å². The third-order valence-corrected chi connectivity index (χ3v) is 2.52. The van der Waals surface area contributed by atoms with E-state index in [9.17, 15) is 14.4 Å². The summed E-state index contributed by atoms with van der Waals surface area (Å²) >= 11 is 0. The van der Waals surface area contributed by atoms with Crippen LogP contribution in [0.15, 0.2) is 12.2 Å². The summed E-state index contributed by atoms with van der Waals surface area (Å²) in [6.07, 6.45) is 3.11. The monoisotopic (exact) mass is 285 g/mol. The van der Waals surface area contributed by atoms with Crippen molar-refractivity contribution in [3.8, 4) is 0 Å². The lowest BCUT2D eigenvalue weighted by Crippen LogP contribution is -2.25. The second-order valence-electron chi connectivity index (χ2n) is 4.57. The summed E-state index contributed by atoms with van der Waals surface area (Å²) in [6, 6.07) is 0. The van der Waals surface area contributed by atoms with Crippen molar-refractivity contribution in [2.75, 3.05) is 13.2 Å². The minimum absolute atomic E-state index is 0.0634. The summed E-state index contributed by atoms with van der Waals surface area (Å²) in [7, 11) is 0. The van der Waals surface area contributed by atoms with Gasteiger partial charge < -0.3 is 15.2 Å². The molecule has 6 heteroatoms. The van der Waals surface area contributed by atoms with Crippen molar-refractivity contribution in [3.05, 3.63) is 12.2 Å². The zero-order valence-electron chi connectivity index (χ0n) is 11.9. The normalized spacial score (nSPS) is 9.85. The van der Waals surface area contributed by atoms with Crippen LogP contribution in [-0.4, -0.2) is 36.1 Å². The predicted octanol–water partition coefficient (Wildman–Crippen LogP) is 1.65. The van der Waals surface area contributed by atoms with Crippen molar-refractivity contribution in [3.63, 3.8) is 0 Å². The molecule has 0 unspecified atom stereocenters. The third-order valence-electron chi connectivity index (χ3n) is 2.52. The lowest BCUT2D eigenvalue weighted by molar-refractivity contribution is -0.139. The maximum Gasteiger partial charge on any atom is 0.333 e. The molecular weight excluding hydrogens is 262 g/mol. The van der Waals surface area contributed by atoms with Crippen LogP contribution in [0.1, 0.15) is 45.4 Å². The van der Waals surface area contributed by atoms with E-state index in [0.29, 0.717) is 37.8 Å². The third kappa shape index (κ3) is 11.3. The molecule has 0 aliphatic rings. The van der Waals surface area contributed by atoms with Crippen LogP contribution < -0.4 is 5.32 Å². The van der Waals surface area contributed by atoms with Crippen molar-refractivity contribution in [1.82, 2.24) is 5.32 Å². The van der Waals surface area contributed by atoms with E-state index in [1.807, 2.05) is 0 Å². The van der Waals surface area contributed by atoms with Gasteiger partial charge in [0.2, 0.25) is 5.91 Å². The lowest BCUT2D eigenvalue weighted by atomic mass is 10.1. The average Bonchev–Trinajstić information content (AvgIpc) is 2.37. The highest BCUT2D eigenvalue weighted by Crippen LogP contribution is 2.02. The number of carbonyl (C=O) groups is 3. The van der Waals surface area contributed by atoms with Gasteiger partial charge in [0.15, 0.2) is 0 Å². The predicted molar refractivity (Wildman–Crippen MR) is 74.1 cm³/mol. The molecule has 0 aromatic heterocycles. The molecule has 0 fully saturated rings. The fourth-order valence-corrected chi connectivity index (χ4v) is 1.41. The van der Waals surface area contributed by atoms with E-state index in [0.717, 1.165) is 6.42 Å². The average molecular weight is 285 g/mol. The van der Waals surface area contributed by atoms with E-state index in [-0.39, 0.29) is 18.9 Å². The SMILES string of the molecule is C=C(C)C(=O)OCCCNC(=O)CCCCCC(=O)O. The van der Waals surface area contributed by atoms with Gasteiger partial charge in [0.05, 0.1) is 6.61 Å². The quantitative estimate of drug-likeness (QED) is 0.342. The van der Waals surface area contributed by atoms with E-state index in [1.165, 1.54) is 0 Å². The van der Waals surface area contributed by atoms with E-state index < -0.39 is 11.9 Å². The van der Waals surface area contributed by atoms with Crippen molar-refractivity contribution < 1.29 is 24.2 Å². The Bertz CT molecular complexity index is 351. The summed E-state index contributed by atoms with van der Waals surface area (Å²) in [6.45, 7) is 5.75. The summed E-state index contributed by atoms with van der Waals surface area (Å²) < 4.78 is 4.88. The lowest BCUT2D eigenvalue weighted by Gasteiger charge is -2.06. The first-order valence-corrected chi connectivity index (χ1v) is 6.74. The Kier molecular flexibility index (Phi) is 10.00. The van der Waals surface area contributed by atoms with Gasteiger partial charge in [-0.15, -0.1) is 0 Å². The van der Waals surface area contributed by atoms with Crippen molar-refractivity contribution >= 4 is 17.8 Å². The molecule has 0 aromatic carbocycles. The number of hydrogen-bond donors (Lipinski definition) is 2. The molecule has 0 atom stereocenters. The van der Waals surface area contributed by atoms with Crippen LogP contribution in [0.25, 0.3) is 0 Å². The first-order chi connectivity index (χ1) is 9.43. The van der Waals surface area contributed by atoms with Gasteiger partial charge in [-0.25, -0.2) is 4.79 Å². The molecule has 0 aliphatic heterocycles. The van der Waals surface area contributed by atoms with Crippen LogP contribution in [0.3, 0.4) is 0 Å². The van der Waals surface area contributed by atoms with Crippen LogP contribution in [0, 0.1) is 0 Å². The molecule has 0 saturated heterocycles. The highest BCUT2D eigenvalue weighted by atomic mass is 16.5. The minimum Gasteiger partial charge on any atom is -0.481 e. The van der Waals surface area contributed by atoms with Crippen molar-refractivity contribution in [1.29, 1.82) is 0 Å². The van der Waals surface area contributed by atoms with Gasteiger partial charge in [-0.05, 0) is 26.2 Å². The number of rotatable bonds is 11. The van der Waals surface area contributed by atoms with E-state index in [1.54, 1.807) is 6.92 Å². The smallest absolute Gasteiger partial charge is 0.333 e. The number of carbonyl (C=O) groups excluding carboxylic acids is 2. The van der Waals surface area contributed by atoms with Gasteiger partial charge in [0, 0.05) is 25.0 Å². The van der Waals surface area contributed by atoms with Gasteiger partial charge in [0.1, 0.15) is 0 Å². The second-order valence-corrected chi connectivity index (χ2v) is 4.57. The topological polar surface area (TPSA) is 92.7 Å². The van der Waals surface area contributed by atoms with Crippen LogP contribution in [0.4, 0.5) is 0 Å². The van der Waals surface area contributed by atoms with Gasteiger partial charge in [-0.1, -0.05) is 13.0 Å². The molecule has 20 heavy (non-hydrogen) atoms. The van der Waals surface area contributed by atoms with Gasteiger partial charge in [0.25, 0.3) is 0 Å². The van der Waals surface area contributed by atoms with E-state index in [2.05, 4.69) is 11.9 Å². The Hall–Kier alpha value is -1.85. The number of carboxylic acids is 1. The standard InChI is InChI=1S/C14H23NO5/c1-11(2)14(19)20-10-6-9-15-12(16)7-4-3-5-8-13(17)18/h1,3-10H2,2H3,(H,15,16)(H,17,18). The summed E-state index contributed by atoms with van der Waals surface area (Å²) in [5.41, 5.74) is 0.357.